The third kappa shape index (κ3) is 2.95. The molecule has 0 amide bonds. The Morgan fingerprint density at radius 3 is 2.56 bits per heavy atom. The average Bonchev–Trinajstić information content (AvgIpc) is 2.28. The van der Waals surface area contributed by atoms with Crippen LogP contribution < -0.4 is 0 Å². The fourth-order valence-electron chi connectivity index (χ4n) is 2.70. The van der Waals surface area contributed by atoms with Gasteiger partial charge in [-0.2, -0.15) is 0 Å². The van der Waals surface area contributed by atoms with E-state index in [0.29, 0.717) is 13.0 Å². The highest BCUT2D eigenvalue weighted by Crippen LogP contribution is 2.25. The maximum absolute atomic E-state index is 13.5. The maximum Gasteiger partial charge on any atom is 0.107 e. The normalized spacial score (nSPS) is 38.8. The van der Waals surface area contributed by atoms with Crippen LogP contribution in [0, 0.1) is 11.8 Å². The molecule has 0 saturated carbocycles. The summed E-state index contributed by atoms with van der Waals surface area (Å²) in [6.07, 6.45) is 2.58. The van der Waals surface area contributed by atoms with Gasteiger partial charge in [0, 0.05) is 25.5 Å². The van der Waals surface area contributed by atoms with Crippen molar-refractivity contribution in [1.29, 1.82) is 0 Å². The Kier molecular flexibility index (Phi) is 4.20. The summed E-state index contributed by atoms with van der Waals surface area (Å²) in [5.41, 5.74) is 0. The Morgan fingerprint density at radius 2 is 1.88 bits per heavy atom. The zero-order valence-corrected chi connectivity index (χ0v) is 10.5. The third-order valence-electron chi connectivity index (χ3n) is 4.20. The minimum absolute atomic E-state index is 0.0631. The van der Waals surface area contributed by atoms with Crippen LogP contribution in [0.15, 0.2) is 0 Å². The molecule has 0 bridgehead atoms. The van der Waals surface area contributed by atoms with Crippen molar-refractivity contribution in [3.05, 3.63) is 0 Å². The van der Waals surface area contributed by atoms with Crippen molar-refractivity contribution in [1.82, 2.24) is 4.90 Å². The van der Waals surface area contributed by atoms with Gasteiger partial charge in [0.25, 0.3) is 0 Å². The summed E-state index contributed by atoms with van der Waals surface area (Å²) < 4.78 is 19.3. The van der Waals surface area contributed by atoms with Gasteiger partial charge in [0.1, 0.15) is 6.17 Å². The molecule has 0 N–H and O–H groups in total. The zero-order valence-electron chi connectivity index (χ0n) is 10.5. The summed E-state index contributed by atoms with van der Waals surface area (Å²) >= 11 is 0. The van der Waals surface area contributed by atoms with E-state index < -0.39 is 6.17 Å². The lowest BCUT2D eigenvalue weighted by molar-refractivity contribution is -0.0749. The minimum atomic E-state index is -0.664. The molecule has 3 heteroatoms. The number of nitrogens with zero attached hydrogens (tertiary/aromatic N) is 1. The monoisotopic (exact) mass is 229 g/mol. The summed E-state index contributed by atoms with van der Waals surface area (Å²) in [7, 11) is 0. The molecule has 2 fully saturated rings. The molecule has 2 aliphatic rings. The van der Waals surface area contributed by atoms with Crippen LogP contribution >= 0.6 is 0 Å². The van der Waals surface area contributed by atoms with Gasteiger partial charge in [0.15, 0.2) is 0 Å². The number of alkyl halides is 1. The number of hydrogen-bond acceptors (Lipinski definition) is 2. The van der Waals surface area contributed by atoms with Crippen LogP contribution in [0.3, 0.4) is 0 Å². The largest absolute Gasteiger partial charge is 0.376 e. The second-order valence-corrected chi connectivity index (χ2v) is 5.56. The second kappa shape index (κ2) is 5.46. The van der Waals surface area contributed by atoms with E-state index in [2.05, 4.69) is 11.8 Å². The third-order valence-corrected chi connectivity index (χ3v) is 4.20. The van der Waals surface area contributed by atoms with Crippen LogP contribution in [0.5, 0.6) is 0 Å². The molecule has 0 radical (unpaired) electrons. The Hall–Kier alpha value is -0.150. The van der Waals surface area contributed by atoms with E-state index in [9.17, 15) is 4.39 Å². The van der Waals surface area contributed by atoms with Gasteiger partial charge < -0.3 is 9.64 Å². The smallest absolute Gasteiger partial charge is 0.107 e. The first-order valence-corrected chi connectivity index (χ1v) is 6.65. The molecule has 2 nitrogen and oxygen atoms in total. The lowest BCUT2D eigenvalue weighted by Crippen LogP contribution is -2.46. The summed E-state index contributed by atoms with van der Waals surface area (Å²) in [5.74, 6) is 0.919. The van der Waals surface area contributed by atoms with Gasteiger partial charge in [-0.1, -0.05) is 13.8 Å². The number of piperidine rings is 1. The second-order valence-electron chi connectivity index (χ2n) is 5.56. The van der Waals surface area contributed by atoms with E-state index >= 15 is 0 Å². The van der Waals surface area contributed by atoms with Gasteiger partial charge in [-0.25, -0.2) is 4.39 Å². The zero-order chi connectivity index (χ0) is 11.5. The Labute approximate surface area is 98.1 Å². The van der Waals surface area contributed by atoms with Crippen molar-refractivity contribution in [2.24, 2.45) is 11.8 Å². The summed E-state index contributed by atoms with van der Waals surface area (Å²) in [5, 5.41) is 0. The van der Waals surface area contributed by atoms with E-state index in [-0.39, 0.29) is 12.0 Å². The van der Waals surface area contributed by atoms with E-state index in [1.165, 1.54) is 12.8 Å². The highest BCUT2D eigenvalue weighted by atomic mass is 19.1. The van der Waals surface area contributed by atoms with Gasteiger partial charge in [0.2, 0.25) is 0 Å². The molecule has 0 aliphatic carbocycles. The molecule has 0 aromatic rings. The molecule has 2 heterocycles. The first kappa shape index (κ1) is 12.3. The molecule has 3 atom stereocenters. The fourth-order valence-corrected chi connectivity index (χ4v) is 2.70. The van der Waals surface area contributed by atoms with Gasteiger partial charge in [0.05, 0.1) is 6.10 Å². The lowest BCUT2D eigenvalue weighted by atomic mass is 9.92. The summed E-state index contributed by atoms with van der Waals surface area (Å²) in [6, 6.07) is 0. The predicted octanol–water partition coefficient (Wildman–Crippen LogP) is 2.48. The minimum Gasteiger partial charge on any atom is -0.376 e. The summed E-state index contributed by atoms with van der Waals surface area (Å²) in [6.45, 7) is 8.14. The van der Waals surface area contributed by atoms with E-state index in [1.807, 2.05) is 6.92 Å². The number of ether oxygens (including phenoxy) is 1. The van der Waals surface area contributed by atoms with Crippen LogP contribution in [-0.2, 0) is 4.74 Å². The SMILES string of the molecule is CC1CCN(C[C@H]2OCC[C@H](F)[C@H]2C)CC1. The molecule has 2 aliphatic heterocycles. The number of rotatable bonds is 2. The lowest BCUT2D eigenvalue weighted by Gasteiger charge is -2.38. The molecular weight excluding hydrogens is 205 g/mol. The average molecular weight is 229 g/mol. The van der Waals surface area contributed by atoms with Crippen molar-refractivity contribution in [3.63, 3.8) is 0 Å². The fraction of sp³-hybridized carbons (Fsp3) is 1.00. The van der Waals surface area contributed by atoms with E-state index in [1.54, 1.807) is 0 Å². The van der Waals surface area contributed by atoms with Crippen molar-refractivity contribution >= 4 is 0 Å². The molecule has 2 rings (SSSR count). The highest BCUT2D eigenvalue weighted by Gasteiger charge is 2.32. The molecule has 94 valence electrons. The van der Waals surface area contributed by atoms with Crippen LogP contribution in [0.1, 0.15) is 33.1 Å². The van der Waals surface area contributed by atoms with Crippen LogP contribution in [-0.4, -0.2) is 43.4 Å². The first-order valence-electron chi connectivity index (χ1n) is 6.65. The molecule has 0 aromatic carbocycles. The van der Waals surface area contributed by atoms with Gasteiger partial charge in [-0.15, -0.1) is 0 Å². The molecule has 0 aromatic heterocycles. The van der Waals surface area contributed by atoms with E-state index in [0.717, 1.165) is 25.6 Å². The molecule has 0 unspecified atom stereocenters. The van der Waals surface area contributed by atoms with Crippen molar-refractivity contribution < 1.29 is 9.13 Å². The van der Waals surface area contributed by atoms with Crippen LogP contribution in [0.4, 0.5) is 4.39 Å². The number of halogens is 1. The Bertz CT molecular complexity index is 216. The van der Waals surface area contributed by atoms with Crippen molar-refractivity contribution in [3.8, 4) is 0 Å². The van der Waals surface area contributed by atoms with Gasteiger partial charge in [-0.05, 0) is 31.8 Å². The van der Waals surface area contributed by atoms with Gasteiger partial charge in [-0.3, -0.25) is 0 Å². The van der Waals surface area contributed by atoms with Gasteiger partial charge >= 0.3 is 0 Å². The summed E-state index contributed by atoms with van der Waals surface area (Å²) in [4.78, 5) is 2.44. The number of likely N-dealkylation sites (tertiary alicyclic amines) is 1. The molecule has 2 saturated heterocycles. The standard InChI is InChI=1S/C13H24FNO/c1-10-3-6-15(7-4-10)9-13-11(2)12(14)5-8-16-13/h10-13H,3-9H2,1-2H3/t11-,12+,13-/m1/s1. The quantitative estimate of drug-likeness (QED) is 0.721. The Balaban J connectivity index is 1.80. The maximum atomic E-state index is 13.5. The predicted molar refractivity (Wildman–Crippen MR) is 63.3 cm³/mol. The van der Waals surface area contributed by atoms with Crippen molar-refractivity contribution in [2.45, 2.75) is 45.4 Å². The molecule has 16 heavy (non-hydrogen) atoms. The molecule has 0 spiro atoms. The topological polar surface area (TPSA) is 12.5 Å². The van der Waals surface area contributed by atoms with Crippen LogP contribution in [0.2, 0.25) is 0 Å². The Morgan fingerprint density at radius 1 is 1.19 bits per heavy atom. The highest BCUT2D eigenvalue weighted by molar-refractivity contribution is 4.82. The molecular formula is C13H24FNO. The first-order chi connectivity index (χ1) is 7.66. The number of hydrogen-bond donors (Lipinski definition) is 0. The van der Waals surface area contributed by atoms with E-state index in [4.69, 9.17) is 4.74 Å². The van der Waals surface area contributed by atoms with Crippen LogP contribution in [0.25, 0.3) is 0 Å². The van der Waals surface area contributed by atoms with Crippen molar-refractivity contribution in [2.75, 3.05) is 26.2 Å².